The molecule has 45 heavy (non-hydrogen) atoms. The summed E-state index contributed by atoms with van der Waals surface area (Å²) in [7, 11) is 0. The Hall–Kier alpha value is -6.07. The van der Waals surface area contributed by atoms with Gasteiger partial charge in [0.15, 0.2) is 0 Å². The lowest BCUT2D eigenvalue weighted by atomic mass is 9.93. The van der Waals surface area contributed by atoms with Crippen molar-refractivity contribution >= 4 is 17.9 Å². The molecule has 0 unspecified atom stereocenters. The Bertz CT molecular complexity index is 1990. The highest BCUT2D eigenvalue weighted by Gasteiger charge is 2.35. The van der Waals surface area contributed by atoms with Crippen LogP contribution in [0.15, 0.2) is 132 Å². The number of nitrogens with zero attached hydrogens (tertiary/aromatic N) is 4. The molecule has 6 rings (SSSR count). The number of imide groups is 1. The number of benzene rings is 4. The minimum atomic E-state index is -0.618. The first kappa shape index (κ1) is 29.0. The first-order valence-corrected chi connectivity index (χ1v) is 14.3. The standard InChI is InChI=1S/C37H27FN4O3/c1-25-33(36(43)41(37(44)34(25)21-39)22-26-9-4-2-5-10-26)20-29-23-42(31-12-6-3-7-13-31)40-35(29)28-11-8-14-32(19-28)45-24-27-15-17-30(38)18-16-27/h2-20,23H,22,24H2,1H3/b33-20+. The molecule has 2 amide bonds. The highest BCUT2D eigenvalue weighted by molar-refractivity contribution is 6.19. The van der Waals surface area contributed by atoms with Gasteiger partial charge in [-0.25, -0.2) is 9.07 Å². The van der Waals surface area contributed by atoms with Gasteiger partial charge in [-0.1, -0.05) is 72.8 Å². The molecule has 1 aromatic heterocycles. The van der Waals surface area contributed by atoms with Crippen LogP contribution in [0.4, 0.5) is 4.39 Å². The van der Waals surface area contributed by atoms with Crippen molar-refractivity contribution in [3.8, 4) is 28.8 Å². The van der Waals surface area contributed by atoms with Gasteiger partial charge in [0.1, 0.15) is 35.5 Å². The third kappa shape index (κ3) is 6.19. The van der Waals surface area contributed by atoms with Gasteiger partial charge in [0.05, 0.1) is 12.2 Å². The Morgan fingerprint density at radius 1 is 0.867 bits per heavy atom. The van der Waals surface area contributed by atoms with Crippen molar-refractivity contribution in [2.75, 3.05) is 0 Å². The molecule has 0 saturated heterocycles. The lowest BCUT2D eigenvalue weighted by Gasteiger charge is -2.27. The normalized spacial score (nSPS) is 14.2. The molecule has 0 N–H and O–H groups in total. The van der Waals surface area contributed by atoms with Crippen LogP contribution in [0.25, 0.3) is 23.0 Å². The van der Waals surface area contributed by atoms with Crippen molar-refractivity contribution in [2.45, 2.75) is 20.1 Å². The Kier molecular flexibility index (Phi) is 8.16. The monoisotopic (exact) mass is 594 g/mol. The van der Waals surface area contributed by atoms with Crippen LogP contribution >= 0.6 is 0 Å². The molecule has 0 radical (unpaired) electrons. The van der Waals surface area contributed by atoms with Gasteiger partial charge in [-0.2, -0.15) is 10.4 Å². The summed E-state index contributed by atoms with van der Waals surface area (Å²) in [6.45, 7) is 1.91. The van der Waals surface area contributed by atoms with Crippen molar-refractivity contribution < 1.29 is 18.7 Å². The summed E-state index contributed by atoms with van der Waals surface area (Å²) in [6.07, 6.45) is 3.50. The van der Waals surface area contributed by atoms with Gasteiger partial charge in [0, 0.05) is 22.9 Å². The van der Waals surface area contributed by atoms with Gasteiger partial charge >= 0.3 is 0 Å². The fourth-order valence-corrected chi connectivity index (χ4v) is 5.11. The average molecular weight is 595 g/mol. The largest absolute Gasteiger partial charge is 0.489 e. The van der Waals surface area contributed by atoms with Gasteiger partial charge < -0.3 is 4.74 Å². The van der Waals surface area contributed by atoms with Gasteiger partial charge in [0.25, 0.3) is 11.8 Å². The SMILES string of the molecule is CC1=C(C#N)C(=O)N(Cc2ccccc2)C(=O)/C1=C/c1cn(-c2ccccc2)nc1-c1cccc(OCc2ccc(F)cc2)c1. The van der Waals surface area contributed by atoms with E-state index in [4.69, 9.17) is 9.84 Å². The van der Waals surface area contributed by atoms with E-state index in [1.54, 1.807) is 29.8 Å². The van der Waals surface area contributed by atoms with E-state index in [0.717, 1.165) is 27.3 Å². The zero-order valence-electron chi connectivity index (χ0n) is 24.4. The van der Waals surface area contributed by atoms with Gasteiger partial charge in [-0.15, -0.1) is 0 Å². The van der Waals surface area contributed by atoms with Crippen LogP contribution in [0.3, 0.4) is 0 Å². The molecule has 220 valence electrons. The summed E-state index contributed by atoms with van der Waals surface area (Å²) in [5, 5.41) is 14.8. The number of amides is 2. The quantitative estimate of drug-likeness (QED) is 0.142. The summed E-state index contributed by atoms with van der Waals surface area (Å²) in [6, 6.07) is 34.3. The fourth-order valence-electron chi connectivity index (χ4n) is 5.11. The molecule has 1 aliphatic heterocycles. The second-order valence-corrected chi connectivity index (χ2v) is 10.5. The lowest BCUT2D eigenvalue weighted by molar-refractivity contribution is -0.141. The van der Waals surface area contributed by atoms with E-state index in [1.807, 2.05) is 97.2 Å². The lowest BCUT2D eigenvalue weighted by Crippen LogP contribution is -2.42. The molecule has 7 nitrogen and oxygen atoms in total. The van der Waals surface area contributed by atoms with Crippen molar-refractivity contribution in [2.24, 2.45) is 0 Å². The van der Waals surface area contributed by atoms with Crippen LogP contribution < -0.4 is 4.74 Å². The first-order chi connectivity index (χ1) is 21.9. The summed E-state index contributed by atoms with van der Waals surface area (Å²) in [4.78, 5) is 28.2. The summed E-state index contributed by atoms with van der Waals surface area (Å²) in [5.74, 6) is -0.837. The summed E-state index contributed by atoms with van der Waals surface area (Å²) in [5.41, 5.74) is 4.79. The first-order valence-electron chi connectivity index (χ1n) is 14.3. The second-order valence-electron chi connectivity index (χ2n) is 10.5. The second kappa shape index (κ2) is 12.7. The zero-order chi connectivity index (χ0) is 31.3. The van der Waals surface area contributed by atoms with E-state index in [1.165, 1.54) is 12.1 Å². The predicted molar refractivity (Wildman–Crippen MR) is 168 cm³/mol. The van der Waals surface area contributed by atoms with Crippen molar-refractivity contribution in [1.82, 2.24) is 14.7 Å². The molecule has 0 spiro atoms. The van der Waals surface area contributed by atoms with E-state index in [2.05, 4.69) is 0 Å². The predicted octanol–water partition coefficient (Wildman–Crippen LogP) is 7.05. The van der Waals surface area contributed by atoms with Gasteiger partial charge in [-0.3, -0.25) is 14.5 Å². The van der Waals surface area contributed by atoms with Gasteiger partial charge in [-0.05, 0) is 66.1 Å². The number of para-hydroxylation sites is 1. The highest BCUT2D eigenvalue weighted by Crippen LogP contribution is 2.33. The van der Waals surface area contributed by atoms with Crippen LogP contribution in [0, 0.1) is 17.1 Å². The third-order valence-electron chi connectivity index (χ3n) is 7.50. The van der Waals surface area contributed by atoms with Crippen molar-refractivity contribution in [3.05, 3.63) is 155 Å². The number of halogens is 1. The van der Waals surface area contributed by atoms with E-state index in [-0.39, 0.29) is 30.1 Å². The topological polar surface area (TPSA) is 88.2 Å². The molecule has 5 aromatic rings. The molecular weight excluding hydrogens is 567 g/mol. The fraction of sp³-hybridized carbons (Fsp3) is 0.0811. The maximum Gasteiger partial charge on any atom is 0.271 e. The number of aromatic nitrogens is 2. The number of hydrogen-bond donors (Lipinski definition) is 0. The minimum absolute atomic E-state index is 0.0396. The van der Waals surface area contributed by atoms with Crippen LogP contribution in [-0.4, -0.2) is 26.5 Å². The van der Waals surface area contributed by atoms with Crippen LogP contribution in [0.1, 0.15) is 23.6 Å². The minimum Gasteiger partial charge on any atom is -0.489 e. The number of nitriles is 1. The Morgan fingerprint density at radius 2 is 1.58 bits per heavy atom. The van der Waals surface area contributed by atoms with Gasteiger partial charge in [0.2, 0.25) is 0 Å². The number of hydrogen-bond acceptors (Lipinski definition) is 5. The number of carbonyl (C=O) groups excluding carboxylic acids is 2. The molecule has 0 fully saturated rings. The van der Waals surface area contributed by atoms with E-state index >= 15 is 0 Å². The Balaban J connectivity index is 1.41. The molecule has 8 heteroatoms. The number of rotatable bonds is 8. The molecule has 0 atom stereocenters. The zero-order valence-corrected chi connectivity index (χ0v) is 24.4. The Labute approximate surface area is 259 Å². The molecule has 0 saturated carbocycles. The smallest absolute Gasteiger partial charge is 0.271 e. The number of carbonyl (C=O) groups is 2. The summed E-state index contributed by atoms with van der Waals surface area (Å²) < 4.78 is 21.1. The summed E-state index contributed by atoms with van der Waals surface area (Å²) >= 11 is 0. The van der Waals surface area contributed by atoms with Crippen LogP contribution in [0.2, 0.25) is 0 Å². The highest BCUT2D eigenvalue weighted by atomic mass is 19.1. The molecule has 4 aromatic carbocycles. The molecule has 0 aliphatic carbocycles. The third-order valence-corrected chi connectivity index (χ3v) is 7.50. The maximum absolute atomic E-state index is 13.9. The van der Waals surface area contributed by atoms with Crippen LogP contribution in [0.5, 0.6) is 5.75 Å². The van der Waals surface area contributed by atoms with E-state index in [0.29, 0.717) is 22.6 Å². The Morgan fingerprint density at radius 3 is 2.29 bits per heavy atom. The molecule has 2 heterocycles. The maximum atomic E-state index is 13.9. The van der Waals surface area contributed by atoms with Crippen molar-refractivity contribution in [1.29, 1.82) is 5.26 Å². The van der Waals surface area contributed by atoms with E-state index in [9.17, 15) is 19.2 Å². The number of ether oxygens (including phenoxy) is 1. The van der Waals surface area contributed by atoms with Crippen LogP contribution in [-0.2, 0) is 22.7 Å². The average Bonchev–Trinajstić information content (AvgIpc) is 3.50. The molecular formula is C37H27FN4O3. The molecule has 0 bridgehead atoms. The molecule has 1 aliphatic rings. The van der Waals surface area contributed by atoms with Crippen molar-refractivity contribution in [3.63, 3.8) is 0 Å². The van der Waals surface area contributed by atoms with E-state index < -0.39 is 11.8 Å².